The molecule has 2 rings (SSSR count). The lowest BCUT2D eigenvalue weighted by atomic mass is 9.97. The van der Waals surface area contributed by atoms with Crippen molar-refractivity contribution in [1.82, 2.24) is 4.31 Å². The number of anilines is 1. The summed E-state index contributed by atoms with van der Waals surface area (Å²) < 4.78 is 27.3. The highest BCUT2D eigenvalue weighted by Crippen LogP contribution is 2.29. The lowest BCUT2D eigenvalue weighted by molar-refractivity contribution is 0.261. The average Bonchev–Trinajstić information content (AvgIpc) is 2.48. The minimum atomic E-state index is -3.39. The molecular weight excluding hydrogens is 272 g/mol. The van der Waals surface area contributed by atoms with E-state index in [1.807, 2.05) is 19.1 Å². The summed E-state index contributed by atoms with van der Waals surface area (Å²) in [4.78, 5) is 0.401. The minimum Gasteiger partial charge on any atom is -0.384 e. The molecule has 1 heterocycles. The Morgan fingerprint density at radius 2 is 2.05 bits per heavy atom. The van der Waals surface area contributed by atoms with E-state index in [-0.39, 0.29) is 0 Å². The lowest BCUT2D eigenvalue weighted by Crippen LogP contribution is -2.39. The molecule has 0 radical (unpaired) electrons. The number of hydrogen-bond donors (Lipinski definition) is 1. The van der Waals surface area contributed by atoms with E-state index in [4.69, 9.17) is 0 Å². The molecule has 0 amide bonds. The molecule has 4 nitrogen and oxygen atoms in total. The van der Waals surface area contributed by atoms with E-state index in [2.05, 4.69) is 12.2 Å². The Balaban J connectivity index is 2.30. The van der Waals surface area contributed by atoms with E-state index in [0.717, 1.165) is 19.3 Å². The van der Waals surface area contributed by atoms with Crippen molar-refractivity contribution in [2.24, 2.45) is 5.92 Å². The van der Waals surface area contributed by atoms with E-state index in [9.17, 15) is 8.42 Å². The number of benzene rings is 1. The van der Waals surface area contributed by atoms with Gasteiger partial charge in [0, 0.05) is 19.6 Å². The summed E-state index contributed by atoms with van der Waals surface area (Å²) in [5, 5.41) is 3.14. The zero-order valence-electron chi connectivity index (χ0n) is 12.3. The fourth-order valence-electron chi connectivity index (χ4n) is 2.75. The Morgan fingerprint density at radius 3 is 2.75 bits per heavy atom. The lowest BCUT2D eigenvalue weighted by Gasteiger charge is -2.31. The number of nitrogens with one attached hydrogen (secondary N) is 1. The Kier molecular flexibility index (Phi) is 5.05. The van der Waals surface area contributed by atoms with Crippen LogP contribution in [0.15, 0.2) is 29.2 Å². The van der Waals surface area contributed by atoms with Crippen LogP contribution >= 0.6 is 0 Å². The number of sulfonamides is 1. The van der Waals surface area contributed by atoms with Crippen LogP contribution in [0, 0.1) is 5.92 Å². The van der Waals surface area contributed by atoms with Crippen LogP contribution in [0.25, 0.3) is 0 Å². The molecule has 1 fully saturated rings. The normalized spacial score (nSPS) is 20.8. The first-order chi connectivity index (χ1) is 9.59. The fraction of sp³-hybridized carbons (Fsp3) is 0.600. The van der Waals surface area contributed by atoms with E-state index >= 15 is 0 Å². The van der Waals surface area contributed by atoms with Gasteiger partial charge >= 0.3 is 0 Å². The first-order valence-electron chi connectivity index (χ1n) is 7.42. The average molecular weight is 296 g/mol. The molecule has 0 aliphatic carbocycles. The molecule has 112 valence electrons. The van der Waals surface area contributed by atoms with Crippen LogP contribution in [0.3, 0.4) is 0 Å². The van der Waals surface area contributed by atoms with Crippen LogP contribution in [0.5, 0.6) is 0 Å². The summed E-state index contributed by atoms with van der Waals surface area (Å²) in [6.45, 7) is 6.10. The van der Waals surface area contributed by atoms with Gasteiger partial charge in [-0.2, -0.15) is 4.31 Å². The Labute approximate surface area is 122 Å². The molecule has 1 aliphatic heterocycles. The van der Waals surface area contributed by atoms with Gasteiger partial charge in [-0.3, -0.25) is 0 Å². The monoisotopic (exact) mass is 296 g/mol. The smallest absolute Gasteiger partial charge is 0.245 e. The molecule has 5 heteroatoms. The second-order valence-electron chi connectivity index (χ2n) is 5.31. The summed E-state index contributed by atoms with van der Waals surface area (Å²) in [5.41, 5.74) is 0.702. The van der Waals surface area contributed by atoms with Crippen molar-refractivity contribution in [2.45, 2.75) is 38.0 Å². The maximum atomic E-state index is 12.8. The zero-order valence-corrected chi connectivity index (χ0v) is 13.1. The van der Waals surface area contributed by atoms with Gasteiger partial charge in [0.25, 0.3) is 0 Å². The zero-order chi connectivity index (χ0) is 14.6. The Bertz CT molecular complexity index is 543. The Morgan fingerprint density at radius 1 is 1.30 bits per heavy atom. The van der Waals surface area contributed by atoms with Crippen molar-refractivity contribution in [3.05, 3.63) is 24.3 Å². The third kappa shape index (κ3) is 3.15. The second-order valence-corrected chi connectivity index (χ2v) is 7.21. The van der Waals surface area contributed by atoms with Gasteiger partial charge < -0.3 is 5.32 Å². The predicted molar refractivity (Wildman–Crippen MR) is 82.4 cm³/mol. The molecule has 1 aliphatic rings. The van der Waals surface area contributed by atoms with Gasteiger partial charge in [0.15, 0.2) is 0 Å². The number of piperidine rings is 1. The Hall–Kier alpha value is -1.07. The molecule has 0 spiro atoms. The van der Waals surface area contributed by atoms with Crippen LogP contribution in [0.1, 0.15) is 33.1 Å². The summed E-state index contributed by atoms with van der Waals surface area (Å²) in [7, 11) is -3.39. The maximum absolute atomic E-state index is 12.8. The van der Waals surface area contributed by atoms with Crippen molar-refractivity contribution >= 4 is 15.7 Å². The van der Waals surface area contributed by atoms with Crippen molar-refractivity contribution in [3.63, 3.8) is 0 Å². The van der Waals surface area contributed by atoms with Gasteiger partial charge in [-0.15, -0.1) is 0 Å². The van der Waals surface area contributed by atoms with E-state index in [0.29, 0.717) is 36.1 Å². The van der Waals surface area contributed by atoms with Crippen molar-refractivity contribution in [3.8, 4) is 0 Å². The van der Waals surface area contributed by atoms with Gasteiger partial charge in [0.1, 0.15) is 4.90 Å². The molecule has 1 atom stereocenters. The SMILES string of the molecule is CCNc1ccccc1S(=O)(=O)N1CCCC(CC)C1. The molecule has 1 aromatic rings. The van der Waals surface area contributed by atoms with E-state index < -0.39 is 10.0 Å². The summed E-state index contributed by atoms with van der Waals surface area (Å²) in [6.07, 6.45) is 3.14. The topological polar surface area (TPSA) is 49.4 Å². The van der Waals surface area contributed by atoms with Crippen LogP contribution in [-0.4, -0.2) is 32.4 Å². The molecule has 0 aromatic heterocycles. The summed E-state index contributed by atoms with van der Waals surface area (Å²) in [6, 6.07) is 7.18. The minimum absolute atomic E-state index is 0.401. The molecule has 20 heavy (non-hydrogen) atoms. The molecular formula is C15H24N2O2S. The predicted octanol–water partition coefficient (Wildman–Crippen LogP) is 2.93. The number of hydrogen-bond acceptors (Lipinski definition) is 3. The highest BCUT2D eigenvalue weighted by atomic mass is 32.2. The molecule has 1 saturated heterocycles. The third-order valence-corrected chi connectivity index (χ3v) is 5.85. The van der Waals surface area contributed by atoms with Crippen molar-refractivity contribution in [2.75, 3.05) is 25.0 Å². The number of nitrogens with zero attached hydrogens (tertiary/aromatic N) is 1. The van der Waals surface area contributed by atoms with Crippen LogP contribution < -0.4 is 5.32 Å². The maximum Gasteiger partial charge on any atom is 0.245 e. The van der Waals surface area contributed by atoms with Gasteiger partial charge in [-0.1, -0.05) is 25.5 Å². The van der Waals surface area contributed by atoms with E-state index in [1.165, 1.54) is 0 Å². The molecule has 1 unspecified atom stereocenters. The highest BCUT2D eigenvalue weighted by Gasteiger charge is 2.30. The summed E-state index contributed by atoms with van der Waals surface area (Å²) in [5.74, 6) is 0.491. The molecule has 0 saturated carbocycles. The largest absolute Gasteiger partial charge is 0.384 e. The van der Waals surface area contributed by atoms with Gasteiger partial charge in [0.05, 0.1) is 5.69 Å². The first-order valence-corrected chi connectivity index (χ1v) is 8.86. The molecule has 1 aromatic carbocycles. The van der Waals surface area contributed by atoms with Crippen LogP contribution in [0.2, 0.25) is 0 Å². The second kappa shape index (κ2) is 6.59. The standard InChI is InChI=1S/C15H24N2O2S/c1-3-13-8-7-11-17(12-13)20(18,19)15-10-6-5-9-14(15)16-4-2/h5-6,9-10,13,16H,3-4,7-8,11-12H2,1-2H3. The number of rotatable bonds is 5. The third-order valence-electron chi connectivity index (χ3n) is 3.93. The molecule has 0 bridgehead atoms. The van der Waals surface area contributed by atoms with Crippen LogP contribution in [-0.2, 0) is 10.0 Å². The van der Waals surface area contributed by atoms with Crippen molar-refractivity contribution in [1.29, 1.82) is 0 Å². The highest BCUT2D eigenvalue weighted by molar-refractivity contribution is 7.89. The van der Waals surface area contributed by atoms with Crippen LogP contribution in [0.4, 0.5) is 5.69 Å². The van der Waals surface area contributed by atoms with E-state index in [1.54, 1.807) is 16.4 Å². The molecule has 1 N–H and O–H groups in total. The van der Waals surface area contributed by atoms with Gasteiger partial charge in [-0.05, 0) is 37.8 Å². The summed E-state index contributed by atoms with van der Waals surface area (Å²) >= 11 is 0. The van der Waals surface area contributed by atoms with Gasteiger partial charge in [-0.25, -0.2) is 8.42 Å². The first kappa shape index (κ1) is 15.3. The quantitative estimate of drug-likeness (QED) is 0.909. The van der Waals surface area contributed by atoms with Crippen molar-refractivity contribution < 1.29 is 8.42 Å². The fourth-order valence-corrected chi connectivity index (χ4v) is 4.47. The van der Waals surface area contributed by atoms with Gasteiger partial charge in [0.2, 0.25) is 10.0 Å². The number of para-hydroxylation sites is 1.